The molecule has 0 bridgehead atoms. The first kappa shape index (κ1) is 12.1. The van der Waals surface area contributed by atoms with Crippen LogP contribution in [0, 0.1) is 0 Å². The van der Waals surface area contributed by atoms with E-state index in [1.807, 2.05) is 0 Å². The van der Waals surface area contributed by atoms with Gasteiger partial charge in [0.1, 0.15) is 15.7 Å². The van der Waals surface area contributed by atoms with Gasteiger partial charge in [-0.1, -0.05) is 0 Å². The minimum atomic E-state index is -1.05. The van der Waals surface area contributed by atoms with Crippen LogP contribution in [0.25, 0.3) is 0 Å². The van der Waals surface area contributed by atoms with E-state index in [0.717, 1.165) is 11.8 Å². The van der Waals surface area contributed by atoms with Crippen molar-refractivity contribution in [2.45, 2.75) is 10.1 Å². The average molecular weight is 264 g/mol. The van der Waals surface area contributed by atoms with E-state index in [2.05, 4.69) is 15.0 Å². The molecule has 0 aliphatic heterocycles. The summed E-state index contributed by atoms with van der Waals surface area (Å²) in [6.07, 6.45) is 2.59. The van der Waals surface area contributed by atoms with Crippen molar-refractivity contribution in [3.05, 3.63) is 40.6 Å². The Bertz CT molecular complexity index is 656. The Labute approximate surface area is 105 Å². The fraction of sp³-hybridized carbons (Fsp3) is 0. The smallest absolute Gasteiger partial charge is 0.335 e. The number of carbonyl (C=O) groups is 1. The molecule has 0 fully saturated rings. The maximum absolute atomic E-state index is 11.3. The normalized spacial score (nSPS) is 10.2. The number of carboxylic acids is 1. The highest BCUT2D eigenvalue weighted by molar-refractivity contribution is 7.99. The van der Waals surface area contributed by atoms with E-state index < -0.39 is 11.5 Å². The molecule has 0 atom stereocenters. The van der Waals surface area contributed by atoms with Gasteiger partial charge in [0, 0.05) is 6.20 Å². The number of nitrogens with one attached hydrogen (secondary N) is 1. The fourth-order valence-electron chi connectivity index (χ4n) is 1.17. The van der Waals surface area contributed by atoms with Crippen molar-refractivity contribution in [3.63, 3.8) is 0 Å². The highest BCUT2D eigenvalue weighted by Crippen LogP contribution is 2.26. The largest absolute Gasteiger partial charge is 0.478 e. The Balaban J connectivity index is 2.34. The topological polar surface area (TPSA) is 122 Å². The number of hydrogen-bond donors (Lipinski definition) is 3. The van der Waals surface area contributed by atoms with Gasteiger partial charge in [0.2, 0.25) is 0 Å². The predicted molar refractivity (Wildman–Crippen MR) is 64.6 cm³/mol. The zero-order valence-electron chi connectivity index (χ0n) is 8.95. The number of aromatic carboxylic acids is 1. The average Bonchev–Trinajstić information content (AvgIpc) is 2.35. The Morgan fingerprint density at radius 3 is 2.94 bits per heavy atom. The summed E-state index contributed by atoms with van der Waals surface area (Å²) in [5.41, 5.74) is 5.20. The molecule has 2 rings (SSSR count). The quantitative estimate of drug-likeness (QED) is 0.693. The van der Waals surface area contributed by atoms with Gasteiger partial charge in [-0.3, -0.25) is 4.79 Å². The number of nitrogens with zero attached hydrogens (tertiary/aromatic N) is 2. The summed E-state index contributed by atoms with van der Waals surface area (Å²) in [4.78, 5) is 32.3. The first-order valence-electron chi connectivity index (χ1n) is 4.78. The minimum Gasteiger partial charge on any atom is -0.478 e. The number of rotatable bonds is 3. The lowest BCUT2D eigenvalue weighted by atomic mass is 10.3. The number of anilines is 1. The predicted octanol–water partition coefficient (Wildman–Crippen LogP) is 0.597. The number of pyridine rings is 1. The van der Waals surface area contributed by atoms with Crippen LogP contribution in [0.2, 0.25) is 0 Å². The number of aromatic amines is 1. The molecule has 0 unspecified atom stereocenters. The number of hydrogen-bond acceptors (Lipinski definition) is 6. The second-order valence-electron chi connectivity index (χ2n) is 3.24. The van der Waals surface area contributed by atoms with E-state index in [1.54, 1.807) is 0 Å². The summed E-state index contributed by atoms with van der Waals surface area (Å²) in [5.74, 6) is -1.05. The van der Waals surface area contributed by atoms with Crippen molar-refractivity contribution in [3.8, 4) is 0 Å². The number of H-pyrrole nitrogens is 1. The van der Waals surface area contributed by atoms with Gasteiger partial charge in [-0.15, -0.1) is 0 Å². The number of carboxylic acid groups (broad SMARTS) is 1. The van der Waals surface area contributed by atoms with E-state index in [-0.39, 0.29) is 16.3 Å². The van der Waals surface area contributed by atoms with Crippen molar-refractivity contribution in [1.29, 1.82) is 0 Å². The Kier molecular flexibility index (Phi) is 3.28. The van der Waals surface area contributed by atoms with Gasteiger partial charge >= 0.3 is 5.97 Å². The molecule has 2 heterocycles. The molecule has 0 aliphatic carbocycles. The lowest BCUT2D eigenvalue weighted by Crippen LogP contribution is -2.13. The zero-order valence-corrected chi connectivity index (χ0v) is 9.77. The third-order valence-corrected chi connectivity index (χ3v) is 2.99. The Morgan fingerprint density at radius 1 is 1.44 bits per heavy atom. The van der Waals surface area contributed by atoms with Crippen LogP contribution in [0.15, 0.2) is 39.5 Å². The summed E-state index contributed by atoms with van der Waals surface area (Å²) < 4.78 is 0. The van der Waals surface area contributed by atoms with Crippen LogP contribution in [0.3, 0.4) is 0 Å². The van der Waals surface area contributed by atoms with E-state index in [9.17, 15) is 9.59 Å². The van der Waals surface area contributed by atoms with Crippen LogP contribution < -0.4 is 11.3 Å². The molecule has 0 aliphatic rings. The van der Waals surface area contributed by atoms with Crippen LogP contribution in [-0.2, 0) is 0 Å². The first-order chi connectivity index (χ1) is 8.58. The van der Waals surface area contributed by atoms with Crippen LogP contribution >= 0.6 is 11.8 Å². The van der Waals surface area contributed by atoms with E-state index in [1.165, 1.54) is 24.7 Å². The SMILES string of the molecule is Nc1c(Sc2cc(C(=O)O)ccn2)nc[nH]c1=O. The monoisotopic (exact) mass is 264 g/mol. The third-order valence-electron chi connectivity index (χ3n) is 2.04. The van der Waals surface area contributed by atoms with Gasteiger partial charge in [0.25, 0.3) is 5.56 Å². The molecule has 0 spiro atoms. The second kappa shape index (κ2) is 4.88. The van der Waals surface area contributed by atoms with Crippen molar-refractivity contribution in [2.75, 3.05) is 5.73 Å². The summed E-state index contributed by atoms with van der Waals surface area (Å²) in [6, 6.07) is 2.76. The maximum Gasteiger partial charge on any atom is 0.335 e. The highest BCUT2D eigenvalue weighted by Gasteiger charge is 2.09. The van der Waals surface area contributed by atoms with Gasteiger partial charge in [-0.2, -0.15) is 0 Å². The van der Waals surface area contributed by atoms with Gasteiger partial charge in [0.15, 0.2) is 0 Å². The van der Waals surface area contributed by atoms with Gasteiger partial charge in [0.05, 0.1) is 11.9 Å². The van der Waals surface area contributed by atoms with Gasteiger partial charge in [-0.05, 0) is 23.9 Å². The molecular weight excluding hydrogens is 256 g/mol. The Hall–Kier alpha value is -2.35. The Morgan fingerprint density at radius 2 is 2.22 bits per heavy atom. The zero-order chi connectivity index (χ0) is 13.1. The van der Waals surface area contributed by atoms with Crippen LogP contribution in [0.4, 0.5) is 5.69 Å². The molecule has 2 aromatic heterocycles. The maximum atomic E-state index is 11.3. The molecule has 18 heavy (non-hydrogen) atoms. The number of nitrogen functional groups attached to an aromatic ring is 1. The van der Waals surface area contributed by atoms with Crippen LogP contribution in [0.5, 0.6) is 0 Å². The number of aromatic nitrogens is 3. The molecule has 0 amide bonds. The number of nitrogens with two attached hydrogens (primary N) is 1. The first-order valence-corrected chi connectivity index (χ1v) is 5.60. The minimum absolute atomic E-state index is 0.0231. The van der Waals surface area contributed by atoms with Crippen LogP contribution in [0.1, 0.15) is 10.4 Å². The fourth-order valence-corrected chi connectivity index (χ4v) is 1.98. The standard InChI is InChI=1S/C10H8N4O3S/c11-7-8(15)13-4-14-9(7)18-6-3-5(10(16)17)1-2-12-6/h1-4H,11H2,(H,16,17)(H,13,14,15). The molecule has 92 valence electrons. The van der Waals surface area contributed by atoms with E-state index >= 15 is 0 Å². The van der Waals surface area contributed by atoms with Crippen LogP contribution in [-0.4, -0.2) is 26.0 Å². The molecule has 4 N–H and O–H groups in total. The molecule has 7 nitrogen and oxygen atoms in total. The highest BCUT2D eigenvalue weighted by atomic mass is 32.2. The summed E-state index contributed by atoms with van der Waals surface area (Å²) >= 11 is 1.03. The lowest BCUT2D eigenvalue weighted by Gasteiger charge is -2.02. The van der Waals surface area contributed by atoms with E-state index in [0.29, 0.717) is 5.03 Å². The molecule has 0 saturated heterocycles. The van der Waals surface area contributed by atoms with Gasteiger partial charge in [-0.25, -0.2) is 14.8 Å². The summed E-state index contributed by atoms with van der Waals surface area (Å²) in [5, 5.41) is 9.53. The molecule has 2 aromatic rings. The van der Waals surface area contributed by atoms with Crippen molar-refractivity contribution in [2.24, 2.45) is 0 Å². The molecular formula is C10H8N4O3S. The summed E-state index contributed by atoms with van der Waals surface area (Å²) in [6.45, 7) is 0. The second-order valence-corrected chi connectivity index (χ2v) is 4.25. The van der Waals surface area contributed by atoms with Crippen molar-refractivity contribution in [1.82, 2.24) is 15.0 Å². The van der Waals surface area contributed by atoms with Gasteiger partial charge < -0.3 is 15.8 Å². The molecule has 0 radical (unpaired) electrons. The molecule has 0 aromatic carbocycles. The van der Waals surface area contributed by atoms with E-state index in [4.69, 9.17) is 10.8 Å². The summed E-state index contributed by atoms with van der Waals surface area (Å²) in [7, 11) is 0. The van der Waals surface area contributed by atoms with Crippen molar-refractivity contribution < 1.29 is 9.90 Å². The lowest BCUT2D eigenvalue weighted by molar-refractivity contribution is 0.0696. The third kappa shape index (κ3) is 2.48. The van der Waals surface area contributed by atoms with Crippen molar-refractivity contribution >= 4 is 23.4 Å². The molecule has 8 heteroatoms. The molecule has 0 saturated carbocycles.